The number of H-pyrrole nitrogens is 2. The van der Waals surface area contributed by atoms with Crippen LogP contribution >= 0.6 is 0 Å². The predicted molar refractivity (Wildman–Crippen MR) is 65.3 cm³/mol. The number of aromatic nitrogens is 5. The van der Waals surface area contributed by atoms with E-state index in [1.807, 2.05) is 6.92 Å². The van der Waals surface area contributed by atoms with Crippen LogP contribution in [0.15, 0.2) is 17.2 Å². The Morgan fingerprint density at radius 2 is 2.33 bits per heavy atom. The Bertz CT molecular complexity index is 586. The minimum absolute atomic E-state index is 0.0751. The summed E-state index contributed by atoms with van der Waals surface area (Å²) in [4.78, 5) is 22.8. The molecule has 7 nitrogen and oxygen atoms in total. The van der Waals surface area contributed by atoms with E-state index in [4.69, 9.17) is 0 Å². The third-order valence-electron chi connectivity index (χ3n) is 2.93. The van der Waals surface area contributed by atoms with Crippen molar-refractivity contribution in [3.63, 3.8) is 0 Å². The van der Waals surface area contributed by atoms with Crippen LogP contribution in [-0.4, -0.2) is 25.1 Å². The van der Waals surface area contributed by atoms with Crippen molar-refractivity contribution in [1.29, 1.82) is 0 Å². The van der Waals surface area contributed by atoms with E-state index in [1.54, 1.807) is 0 Å². The predicted octanol–water partition coefficient (Wildman–Crippen LogP) is 0.938. The second-order valence-corrected chi connectivity index (χ2v) is 4.53. The van der Waals surface area contributed by atoms with Gasteiger partial charge >= 0.3 is 0 Å². The van der Waals surface area contributed by atoms with Crippen LogP contribution < -0.4 is 10.9 Å². The Morgan fingerprint density at radius 1 is 1.50 bits per heavy atom. The van der Waals surface area contributed by atoms with Crippen LogP contribution in [0.4, 0.5) is 5.82 Å². The first-order valence-corrected chi connectivity index (χ1v) is 5.95. The summed E-state index contributed by atoms with van der Waals surface area (Å²) in [7, 11) is 0. The van der Waals surface area contributed by atoms with E-state index < -0.39 is 0 Å². The first-order chi connectivity index (χ1) is 8.72. The van der Waals surface area contributed by atoms with Crippen molar-refractivity contribution in [3.05, 3.63) is 34.4 Å². The van der Waals surface area contributed by atoms with Crippen molar-refractivity contribution in [1.82, 2.24) is 25.1 Å². The van der Waals surface area contributed by atoms with E-state index in [0.717, 1.165) is 18.7 Å². The number of nitrogens with one attached hydrogen (secondary N) is 3. The van der Waals surface area contributed by atoms with Crippen LogP contribution in [0, 0.1) is 0 Å². The maximum atomic E-state index is 11.5. The monoisotopic (exact) mass is 246 g/mol. The van der Waals surface area contributed by atoms with Gasteiger partial charge in [0.2, 0.25) is 0 Å². The lowest BCUT2D eigenvalue weighted by Crippen LogP contribution is -2.16. The summed E-state index contributed by atoms with van der Waals surface area (Å²) in [6.07, 6.45) is 3.66. The van der Waals surface area contributed by atoms with Crippen LogP contribution in [0.25, 0.3) is 0 Å². The second-order valence-electron chi connectivity index (χ2n) is 4.53. The molecule has 1 aliphatic carbocycles. The lowest BCUT2D eigenvalue weighted by Gasteiger charge is -2.11. The summed E-state index contributed by atoms with van der Waals surface area (Å²) in [5, 5.41) is 9.72. The van der Waals surface area contributed by atoms with Crippen LogP contribution in [0.3, 0.4) is 0 Å². The molecule has 0 spiro atoms. The van der Waals surface area contributed by atoms with E-state index in [9.17, 15) is 4.79 Å². The fourth-order valence-corrected chi connectivity index (χ4v) is 1.81. The molecular formula is C11H14N6O. The number of hydrogen-bond donors (Lipinski definition) is 3. The lowest BCUT2D eigenvalue weighted by atomic mass is 10.3. The van der Waals surface area contributed by atoms with E-state index >= 15 is 0 Å². The lowest BCUT2D eigenvalue weighted by molar-refractivity contribution is 0.782. The van der Waals surface area contributed by atoms with Crippen molar-refractivity contribution < 1.29 is 0 Å². The second kappa shape index (κ2) is 4.25. The van der Waals surface area contributed by atoms with E-state index in [1.165, 1.54) is 12.4 Å². The van der Waals surface area contributed by atoms with Gasteiger partial charge < -0.3 is 10.3 Å². The van der Waals surface area contributed by atoms with Gasteiger partial charge in [-0.15, -0.1) is 0 Å². The molecule has 1 fully saturated rings. The maximum absolute atomic E-state index is 11.5. The molecule has 0 saturated heterocycles. The first kappa shape index (κ1) is 10.9. The number of anilines is 1. The molecule has 1 unspecified atom stereocenters. The summed E-state index contributed by atoms with van der Waals surface area (Å²) < 4.78 is 0. The zero-order valence-corrected chi connectivity index (χ0v) is 9.97. The van der Waals surface area contributed by atoms with Crippen molar-refractivity contribution in [2.24, 2.45) is 0 Å². The van der Waals surface area contributed by atoms with Gasteiger partial charge in [-0.3, -0.25) is 9.89 Å². The van der Waals surface area contributed by atoms with E-state index in [2.05, 4.69) is 30.5 Å². The van der Waals surface area contributed by atoms with E-state index in [-0.39, 0.29) is 11.6 Å². The Morgan fingerprint density at radius 3 is 3.00 bits per heavy atom. The van der Waals surface area contributed by atoms with Gasteiger partial charge in [0, 0.05) is 12.0 Å². The standard InChI is InChI=1S/C11H14N6O/c1-6(10-12-5-13-17-10)14-8-4-9(18)16-11(15-8)7-2-3-7/h4-7H,2-3H2,1H3,(H,12,13,17)(H2,14,15,16,18). The molecule has 0 amide bonds. The number of hydrogen-bond acceptors (Lipinski definition) is 5. The number of nitrogens with zero attached hydrogens (tertiary/aromatic N) is 3. The molecule has 0 aromatic carbocycles. The van der Waals surface area contributed by atoms with Crippen molar-refractivity contribution in [2.45, 2.75) is 31.7 Å². The summed E-state index contributed by atoms with van der Waals surface area (Å²) in [5.74, 6) is 2.48. The van der Waals surface area contributed by atoms with Crippen LogP contribution in [-0.2, 0) is 0 Å². The highest BCUT2D eigenvalue weighted by Crippen LogP contribution is 2.37. The molecular weight excluding hydrogens is 232 g/mol. The molecule has 0 radical (unpaired) electrons. The largest absolute Gasteiger partial charge is 0.360 e. The molecule has 0 aliphatic heterocycles. The molecule has 1 aliphatic rings. The van der Waals surface area contributed by atoms with Gasteiger partial charge in [-0.2, -0.15) is 5.10 Å². The molecule has 0 bridgehead atoms. The van der Waals surface area contributed by atoms with Crippen molar-refractivity contribution in [3.8, 4) is 0 Å². The topological polar surface area (TPSA) is 99.3 Å². The highest BCUT2D eigenvalue weighted by molar-refractivity contribution is 5.35. The molecule has 2 aromatic heterocycles. The van der Waals surface area contributed by atoms with Gasteiger partial charge in [0.15, 0.2) is 0 Å². The normalized spacial score (nSPS) is 16.5. The Hall–Kier alpha value is -2.18. The summed E-state index contributed by atoms with van der Waals surface area (Å²) in [5.41, 5.74) is -0.126. The van der Waals surface area contributed by atoms with Crippen LogP contribution in [0.1, 0.15) is 43.4 Å². The molecule has 7 heteroatoms. The zero-order chi connectivity index (χ0) is 12.5. The molecule has 1 atom stereocenters. The molecule has 3 N–H and O–H groups in total. The molecule has 2 aromatic rings. The van der Waals surface area contributed by atoms with Gasteiger partial charge in [0.1, 0.15) is 23.8 Å². The average molecular weight is 246 g/mol. The molecule has 2 heterocycles. The molecule has 1 saturated carbocycles. The minimum Gasteiger partial charge on any atom is -0.360 e. The van der Waals surface area contributed by atoms with Gasteiger partial charge in [-0.05, 0) is 19.8 Å². The van der Waals surface area contributed by atoms with Crippen molar-refractivity contribution in [2.75, 3.05) is 5.32 Å². The van der Waals surface area contributed by atoms with Gasteiger partial charge in [0.25, 0.3) is 5.56 Å². The van der Waals surface area contributed by atoms with Gasteiger partial charge in [-0.25, -0.2) is 9.97 Å². The molecule has 3 rings (SSSR count). The van der Waals surface area contributed by atoms with Crippen molar-refractivity contribution >= 4 is 5.82 Å². The third-order valence-corrected chi connectivity index (χ3v) is 2.93. The minimum atomic E-state index is -0.126. The number of rotatable bonds is 4. The molecule has 18 heavy (non-hydrogen) atoms. The van der Waals surface area contributed by atoms with Crippen LogP contribution in [0.5, 0.6) is 0 Å². The van der Waals surface area contributed by atoms with E-state index in [0.29, 0.717) is 17.6 Å². The zero-order valence-electron chi connectivity index (χ0n) is 9.97. The highest BCUT2D eigenvalue weighted by atomic mass is 16.1. The maximum Gasteiger partial charge on any atom is 0.252 e. The highest BCUT2D eigenvalue weighted by Gasteiger charge is 2.26. The Labute approximate surface area is 103 Å². The smallest absolute Gasteiger partial charge is 0.252 e. The first-order valence-electron chi connectivity index (χ1n) is 5.95. The summed E-state index contributed by atoms with van der Waals surface area (Å²) >= 11 is 0. The molecule has 94 valence electrons. The summed E-state index contributed by atoms with van der Waals surface area (Å²) in [6, 6.07) is 1.38. The van der Waals surface area contributed by atoms with Gasteiger partial charge in [-0.1, -0.05) is 0 Å². The number of aromatic amines is 2. The Kier molecular flexibility index (Phi) is 2.58. The quantitative estimate of drug-likeness (QED) is 0.745. The summed E-state index contributed by atoms with van der Waals surface area (Å²) in [6.45, 7) is 1.93. The van der Waals surface area contributed by atoms with Gasteiger partial charge in [0.05, 0.1) is 6.04 Å². The fourth-order valence-electron chi connectivity index (χ4n) is 1.81. The Balaban J connectivity index is 1.81. The SMILES string of the molecule is CC(Nc1cc(=O)[nH]c(C2CC2)n1)c1ncn[nH]1. The third kappa shape index (κ3) is 2.24. The fraction of sp³-hybridized carbons (Fsp3) is 0.455. The van der Waals surface area contributed by atoms with Crippen LogP contribution in [0.2, 0.25) is 0 Å². The average Bonchev–Trinajstić information content (AvgIpc) is 3.03.